The Kier molecular flexibility index (Phi) is 4.53. The van der Waals surface area contributed by atoms with E-state index >= 15 is 0 Å². The zero-order valence-electron chi connectivity index (χ0n) is 14.2. The molecule has 0 saturated carbocycles. The average Bonchev–Trinajstić information content (AvgIpc) is 3.11. The molecule has 1 aliphatic rings. The zero-order valence-corrected chi connectivity index (χ0v) is 15.0. The van der Waals surface area contributed by atoms with E-state index in [1.807, 2.05) is 11.4 Å². The molecule has 1 aliphatic heterocycles. The normalized spacial score (nSPS) is 20.8. The number of thiophene rings is 1. The van der Waals surface area contributed by atoms with Crippen molar-refractivity contribution in [2.45, 2.75) is 38.3 Å². The van der Waals surface area contributed by atoms with Gasteiger partial charge in [-0.25, -0.2) is 14.4 Å². The molecule has 3 heterocycles. The first-order valence-corrected chi connectivity index (χ1v) is 9.59. The maximum atomic E-state index is 13.6. The second-order valence-corrected chi connectivity index (χ2v) is 7.36. The van der Waals surface area contributed by atoms with Crippen LogP contribution in [-0.2, 0) is 0 Å². The van der Waals surface area contributed by atoms with Crippen LogP contribution in [0.4, 0.5) is 15.9 Å². The van der Waals surface area contributed by atoms with Gasteiger partial charge in [0, 0.05) is 24.3 Å². The molecule has 1 aromatic carbocycles. The van der Waals surface area contributed by atoms with Crippen LogP contribution in [-0.4, -0.2) is 28.6 Å². The van der Waals surface area contributed by atoms with Crippen LogP contribution in [0.1, 0.15) is 26.2 Å². The van der Waals surface area contributed by atoms with Crippen molar-refractivity contribution in [2.75, 3.05) is 16.8 Å². The Hall–Kier alpha value is -2.21. The highest BCUT2D eigenvalue weighted by atomic mass is 32.1. The third kappa shape index (κ3) is 3.31. The molecule has 0 amide bonds. The third-order valence-electron chi connectivity index (χ3n) is 4.93. The SMILES string of the molecule is CCC1CC(Nc2ncnc3sccc23)CCN1c1cccc(F)c1. The van der Waals surface area contributed by atoms with Crippen molar-refractivity contribution in [3.05, 3.63) is 47.9 Å². The summed E-state index contributed by atoms with van der Waals surface area (Å²) in [5.74, 6) is 0.749. The van der Waals surface area contributed by atoms with Crippen molar-refractivity contribution < 1.29 is 4.39 Å². The number of nitrogens with zero attached hydrogens (tertiary/aromatic N) is 3. The molecule has 3 aromatic rings. The van der Waals surface area contributed by atoms with E-state index in [4.69, 9.17) is 0 Å². The largest absolute Gasteiger partial charge is 0.368 e. The summed E-state index contributed by atoms with van der Waals surface area (Å²) in [5.41, 5.74) is 0.979. The lowest BCUT2D eigenvalue weighted by Gasteiger charge is -2.41. The Morgan fingerprint density at radius 1 is 1.32 bits per heavy atom. The average molecular weight is 356 g/mol. The fourth-order valence-corrected chi connectivity index (χ4v) is 4.39. The van der Waals surface area contributed by atoms with Gasteiger partial charge >= 0.3 is 0 Å². The third-order valence-corrected chi connectivity index (χ3v) is 5.75. The van der Waals surface area contributed by atoms with E-state index in [-0.39, 0.29) is 5.82 Å². The van der Waals surface area contributed by atoms with Gasteiger partial charge in [0.05, 0.1) is 5.39 Å². The van der Waals surface area contributed by atoms with Crippen LogP contribution in [0.3, 0.4) is 0 Å². The van der Waals surface area contributed by atoms with E-state index in [1.54, 1.807) is 29.8 Å². The predicted octanol–water partition coefficient (Wildman–Crippen LogP) is 4.69. The quantitative estimate of drug-likeness (QED) is 0.736. The second-order valence-electron chi connectivity index (χ2n) is 6.46. The molecule has 4 rings (SSSR count). The molecule has 1 fully saturated rings. The number of hydrogen-bond donors (Lipinski definition) is 1. The number of halogens is 1. The van der Waals surface area contributed by atoms with Crippen LogP contribution in [0.25, 0.3) is 10.2 Å². The molecule has 6 heteroatoms. The predicted molar refractivity (Wildman–Crippen MR) is 102 cm³/mol. The van der Waals surface area contributed by atoms with Gasteiger partial charge in [-0.15, -0.1) is 11.3 Å². The lowest BCUT2D eigenvalue weighted by molar-refractivity contribution is 0.419. The first-order chi connectivity index (χ1) is 12.2. The molecule has 2 atom stereocenters. The molecule has 2 unspecified atom stereocenters. The summed E-state index contributed by atoms with van der Waals surface area (Å²) in [4.78, 5) is 12.1. The summed E-state index contributed by atoms with van der Waals surface area (Å²) in [7, 11) is 0. The highest BCUT2D eigenvalue weighted by molar-refractivity contribution is 7.16. The van der Waals surface area contributed by atoms with Crippen molar-refractivity contribution in [3.8, 4) is 0 Å². The molecule has 130 valence electrons. The molecule has 0 spiro atoms. The summed E-state index contributed by atoms with van der Waals surface area (Å²) in [5, 5.41) is 6.75. The second kappa shape index (κ2) is 6.96. The summed E-state index contributed by atoms with van der Waals surface area (Å²) in [6.07, 6.45) is 4.68. The van der Waals surface area contributed by atoms with E-state index in [2.05, 4.69) is 33.2 Å². The molecule has 1 N–H and O–H groups in total. The molecule has 0 aliphatic carbocycles. The molecule has 4 nitrogen and oxygen atoms in total. The first kappa shape index (κ1) is 16.3. The van der Waals surface area contributed by atoms with Gasteiger partial charge in [0.1, 0.15) is 22.8 Å². The van der Waals surface area contributed by atoms with Crippen molar-refractivity contribution in [2.24, 2.45) is 0 Å². The van der Waals surface area contributed by atoms with Gasteiger partial charge in [0.2, 0.25) is 0 Å². The maximum absolute atomic E-state index is 13.6. The topological polar surface area (TPSA) is 41.1 Å². The van der Waals surface area contributed by atoms with Crippen LogP contribution in [0.2, 0.25) is 0 Å². The van der Waals surface area contributed by atoms with Crippen LogP contribution in [0.5, 0.6) is 0 Å². The van der Waals surface area contributed by atoms with Gasteiger partial charge in [0.25, 0.3) is 0 Å². The lowest BCUT2D eigenvalue weighted by Crippen LogP contribution is -2.46. The Balaban J connectivity index is 1.50. The Morgan fingerprint density at radius 2 is 2.24 bits per heavy atom. The molecule has 25 heavy (non-hydrogen) atoms. The Morgan fingerprint density at radius 3 is 3.08 bits per heavy atom. The standard InChI is InChI=1S/C19H21FN4S/c1-2-15-11-14(6-8-24(15)16-5-3-4-13(20)10-16)23-18-17-7-9-25-19(17)22-12-21-18/h3-5,7,9-10,12,14-15H,2,6,8,11H2,1H3,(H,21,22,23). The number of anilines is 2. The van der Waals surface area contributed by atoms with Crippen molar-refractivity contribution in [1.29, 1.82) is 0 Å². The minimum Gasteiger partial charge on any atom is -0.368 e. The zero-order chi connectivity index (χ0) is 17.2. The fraction of sp³-hybridized carbons (Fsp3) is 0.368. The highest BCUT2D eigenvalue weighted by Crippen LogP contribution is 2.30. The Labute approximate surface area is 150 Å². The number of rotatable bonds is 4. The number of piperidine rings is 1. The van der Waals surface area contributed by atoms with Crippen molar-refractivity contribution >= 4 is 33.1 Å². The smallest absolute Gasteiger partial charge is 0.138 e. The van der Waals surface area contributed by atoms with Gasteiger partial charge in [-0.05, 0) is 48.9 Å². The van der Waals surface area contributed by atoms with E-state index in [0.29, 0.717) is 12.1 Å². The van der Waals surface area contributed by atoms with Gasteiger partial charge < -0.3 is 10.2 Å². The molecular weight excluding hydrogens is 335 g/mol. The van der Waals surface area contributed by atoms with Gasteiger partial charge in [0.15, 0.2) is 0 Å². The summed E-state index contributed by atoms with van der Waals surface area (Å²) in [6.45, 7) is 3.11. The number of nitrogens with one attached hydrogen (secondary N) is 1. The van der Waals surface area contributed by atoms with Gasteiger partial charge in [-0.3, -0.25) is 0 Å². The number of fused-ring (bicyclic) bond motifs is 1. The summed E-state index contributed by atoms with van der Waals surface area (Å²) < 4.78 is 13.6. The van der Waals surface area contributed by atoms with Crippen LogP contribution in [0, 0.1) is 5.82 Å². The molecule has 1 saturated heterocycles. The van der Waals surface area contributed by atoms with E-state index in [0.717, 1.165) is 47.5 Å². The number of benzene rings is 1. The van der Waals surface area contributed by atoms with E-state index in [1.165, 1.54) is 6.07 Å². The summed E-state index contributed by atoms with van der Waals surface area (Å²) >= 11 is 1.63. The maximum Gasteiger partial charge on any atom is 0.138 e. The van der Waals surface area contributed by atoms with Crippen molar-refractivity contribution in [3.63, 3.8) is 0 Å². The van der Waals surface area contributed by atoms with Crippen molar-refractivity contribution in [1.82, 2.24) is 9.97 Å². The first-order valence-electron chi connectivity index (χ1n) is 8.71. The highest BCUT2D eigenvalue weighted by Gasteiger charge is 2.28. The molecular formula is C19H21FN4S. The van der Waals surface area contributed by atoms with E-state index < -0.39 is 0 Å². The summed E-state index contributed by atoms with van der Waals surface area (Å²) in [6, 6.07) is 9.76. The van der Waals surface area contributed by atoms with Crippen LogP contribution >= 0.6 is 11.3 Å². The minimum atomic E-state index is -0.173. The van der Waals surface area contributed by atoms with Crippen LogP contribution < -0.4 is 10.2 Å². The number of hydrogen-bond acceptors (Lipinski definition) is 5. The Bertz CT molecular complexity index is 865. The molecule has 0 bridgehead atoms. The molecule has 0 radical (unpaired) electrons. The minimum absolute atomic E-state index is 0.173. The lowest BCUT2D eigenvalue weighted by atomic mass is 9.94. The fourth-order valence-electron chi connectivity index (χ4n) is 3.66. The number of aromatic nitrogens is 2. The molecule has 2 aromatic heterocycles. The van der Waals surface area contributed by atoms with Crippen LogP contribution in [0.15, 0.2) is 42.0 Å². The van der Waals surface area contributed by atoms with E-state index in [9.17, 15) is 4.39 Å². The van der Waals surface area contributed by atoms with Gasteiger partial charge in [-0.1, -0.05) is 13.0 Å². The van der Waals surface area contributed by atoms with Gasteiger partial charge in [-0.2, -0.15) is 0 Å². The monoisotopic (exact) mass is 356 g/mol.